The summed E-state index contributed by atoms with van der Waals surface area (Å²) in [4.78, 5) is 23.1. The molecule has 16 heavy (non-hydrogen) atoms. The minimum Gasteiger partial charge on any atom is -0.352 e. The second-order valence-electron chi connectivity index (χ2n) is 4.41. The normalized spacial score (nSPS) is 18.7. The molecule has 0 aromatic carbocycles. The number of amides is 2. The number of hydrogen-bond acceptors (Lipinski definition) is 3. The van der Waals surface area contributed by atoms with E-state index >= 15 is 0 Å². The van der Waals surface area contributed by atoms with Gasteiger partial charge in [-0.3, -0.25) is 9.59 Å². The third kappa shape index (κ3) is 4.18. The van der Waals surface area contributed by atoms with Gasteiger partial charge in [-0.2, -0.15) is 0 Å². The van der Waals surface area contributed by atoms with Gasteiger partial charge in [0.25, 0.3) is 0 Å². The van der Waals surface area contributed by atoms with E-state index < -0.39 is 12.1 Å². The summed E-state index contributed by atoms with van der Waals surface area (Å²) in [5, 5.41) is 5.46. The van der Waals surface area contributed by atoms with Crippen LogP contribution in [0, 0.1) is 0 Å². The molecule has 0 saturated heterocycles. The molecule has 0 spiro atoms. The van der Waals surface area contributed by atoms with Crippen molar-refractivity contribution in [1.29, 1.82) is 0 Å². The van der Waals surface area contributed by atoms with Crippen molar-refractivity contribution in [2.45, 2.75) is 57.7 Å². The van der Waals surface area contributed by atoms with Gasteiger partial charge in [0.05, 0.1) is 6.04 Å². The van der Waals surface area contributed by atoms with Crippen molar-refractivity contribution < 1.29 is 9.59 Å². The van der Waals surface area contributed by atoms with Crippen LogP contribution in [0.4, 0.5) is 0 Å². The molecule has 5 nitrogen and oxygen atoms in total. The van der Waals surface area contributed by atoms with E-state index in [0.717, 1.165) is 19.3 Å². The number of carbonyl (C=O) groups is 2. The number of hydrogen-bond donors (Lipinski definition) is 3. The molecule has 0 aromatic rings. The van der Waals surface area contributed by atoms with Crippen LogP contribution in [-0.4, -0.2) is 29.9 Å². The SMILES string of the molecule is CCC[C@H](N)C(=O)NC(C)C(=O)NC1CC1. The van der Waals surface area contributed by atoms with E-state index in [1.165, 1.54) is 0 Å². The molecular weight excluding hydrogens is 206 g/mol. The Balaban J connectivity index is 2.28. The van der Waals surface area contributed by atoms with Crippen LogP contribution in [0.1, 0.15) is 39.5 Å². The number of nitrogens with one attached hydrogen (secondary N) is 2. The maximum atomic E-state index is 11.5. The van der Waals surface area contributed by atoms with Crippen LogP contribution in [-0.2, 0) is 9.59 Å². The predicted octanol–water partition coefficient (Wildman–Crippen LogP) is -0.103. The monoisotopic (exact) mass is 227 g/mol. The molecule has 2 amide bonds. The highest BCUT2D eigenvalue weighted by atomic mass is 16.2. The van der Waals surface area contributed by atoms with Crippen LogP contribution < -0.4 is 16.4 Å². The molecular formula is C11H21N3O2. The first-order valence-electron chi connectivity index (χ1n) is 5.91. The number of nitrogens with two attached hydrogens (primary N) is 1. The summed E-state index contributed by atoms with van der Waals surface area (Å²) < 4.78 is 0. The zero-order valence-electron chi connectivity index (χ0n) is 9.95. The number of rotatable bonds is 6. The van der Waals surface area contributed by atoms with E-state index in [0.29, 0.717) is 12.5 Å². The van der Waals surface area contributed by atoms with Crippen molar-refractivity contribution in [1.82, 2.24) is 10.6 Å². The largest absolute Gasteiger partial charge is 0.352 e. The fourth-order valence-corrected chi connectivity index (χ4v) is 1.38. The Morgan fingerprint density at radius 3 is 2.50 bits per heavy atom. The molecule has 1 unspecified atom stereocenters. The average molecular weight is 227 g/mol. The first-order valence-corrected chi connectivity index (χ1v) is 5.91. The average Bonchev–Trinajstić information content (AvgIpc) is 3.01. The van der Waals surface area contributed by atoms with Gasteiger partial charge in [-0.25, -0.2) is 0 Å². The minimum atomic E-state index is -0.513. The molecule has 1 aliphatic rings. The fourth-order valence-electron chi connectivity index (χ4n) is 1.38. The Labute approximate surface area is 96.1 Å². The Bertz CT molecular complexity index is 264. The first-order chi connectivity index (χ1) is 7.54. The van der Waals surface area contributed by atoms with Gasteiger partial charge in [0.1, 0.15) is 6.04 Å². The third-order valence-corrected chi connectivity index (χ3v) is 2.61. The Morgan fingerprint density at radius 1 is 1.38 bits per heavy atom. The van der Waals surface area contributed by atoms with Crippen molar-refractivity contribution in [3.8, 4) is 0 Å². The first kappa shape index (κ1) is 13.0. The lowest BCUT2D eigenvalue weighted by atomic mass is 10.1. The molecule has 1 aliphatic carbocycles. The second-order valence-corrected chi connectivity index (χ2v) is 4.41. The van der Waals surface area contributed by atoms with Crippen molar-refractivity contribution in [3.63, 3.8) is 0 Å². The molecule has 2 atom stereocenters. The highest BCUT2D eigenvalue weighted by Gasteiger charge is 2.26. The maximum Gasteiger partial charge on any atom is 0.242 e. The lowest BCUT2D eigenvalue weighted by Gasteiger charge is -2.16. The van der Waals surface area contributed by atoms with E-state index in [-0.39, 0.29) is 11.8 Å². The van der Waals surface area contributed by atoms with Crippen molar-refractivity contribution in [3.05, 3.63) is 0 Å². The van der Waals surface area contributed by atoms with Crippen LogP contribution in [0.2, 0.25) is 0 Å². The lowest BCUT2D eigenvalue weighted by Crippen LogP contribution is -2.50. The Kier molecular flexibility index (Phi) is 4.73. The quantitative estimate of drug-likeness (QED) is 0.592. The Hall–Kier alpha value is -1.10. The van der Waals surface area contributed by atoms with Gasteiger partial charge in [-0.1, -0.05) is 13.3 Å². The van der Waals surface area contributed by atoms with Crippen LogP contribution in [0.15, 0.2) is 0 Å². The summed E-state index contributed by atoms with van der Waals surface area (Å²) in [5.74, 6) is -0.375. The molecule has 0 radical (unpaired) electrons. The zero-order chi connectivity index (χ0) is 12.1. The molecule has 5 heteroatoms. The van der Waals surface area contributed by atoms with Gasteiger partial charge >= 0.3 is 0 Å². The topological polar surface area (TPSA) is 84.2 Å². The van der Waals surface area contributed by atoms with Crippen LogP contribution >= 0.6 is 0 Å². The van der Waals surface area contributed by atoms with E-state index in [9.17, 15) is 9.59 Å². The predicted molar refractivity (Wildman–Crippen MR) is 61.7 cm³/mol. The molecule has 4 N–H and O–H groups in total. The Morgan fingerprint density at radius 2 is 2.00 bits per heavy atom. The van der Waals surface area contributed by atoms with E-state index in [1.807, 2.05) is 6.92 Å². The van der Waals surface area contributed by atoms with E-state index in [2.05, 4.69) is 10.6 Å². The molecule has 1 saturated carbocycles. The molecule has 1 fully saturated rings. The van der Waals surface area contributed by atoms with E-state index in [1.54, 1.807) is 6.92 Å². The summed E-state index contributed by atoms with van der Waals surface area (Å²) in [6, 6.07) is -0.701. The van der Waals surface area contributed by atoms with Gasteiger partial charge in [0, 0.05) is 6.04 Å². The standard InChI is InChI=1S/C11H21N3O2/c1-3-4-9(12)11(16)13-7(2)10(15)14-8-5-6-8/h7-9H,3-6,12H2,1-2H3,(H,13,16)(H,14,15)/t7?,9-/m0/s1. The van der Waals surface area contributed by atoms with Crippen molar-refractivity contribution in [2.24, 2.45) is 5.73 Å². The van der Waals surface area contributed by atoms with Gasteiger partial charge in [0.2, 0.25) is 11.8 Å². The minimum absolute atomic E-state index is 0.125. The van der Waals surface area contributed by atoms with Crippen LogP contribution in [0.3, 0.4) is 0 Å². The van der Waals surface area contributed by atoms with Crippen LogP contribution in [0.25, 0.3) is 0 Å². The zero-order valence-corrected chi connectivity index (χ0v) is 9.95. The van der Waals surface area contributed by atoms with Gasteiger partial charge < -0.3 is 16.4 Å². The summed E-state index contributed by atoms with van der Waals surface area (Å²) in [6.07, 6.45) is 3.59. The fraction of sp³-hybridized carbons (Fsp3) is 0.818. The highest BCUT2D eigenvalue weighted by Crippen LogP contribution is 2.18. The highest BCUT2D eigenvalue weighted by molar-refractivity contribution is 5.89. The van der Waals surface area contributed by atoms with Gasteiger partial charge in [-0.15, -0.1) is 0 Å². The summed E-state index contributed by atoms with van der Waals surface area (Å²) >= 11 is 0. The molecule has 0 heterocycles. The van der Waals surface area contributed by atoms with Gasteiger partial charge in [-0.05, 0) is 26.2 Å². The van der Waals surface area contributed by atoms with Crippen molar-refractivity contribution >= 4 is 11.8 Å². The smallest absolute Gasteiger partial charge is 0.242 e. The molecule has 1 rings (SSSR count). The summed E-state index contributed by atoms with van der Waals surface area (Å²) in [6.45, 7) is 3.64. The number of carbonyl (C=O) groups excluding carboxylic acids is 2. The molecule has 0 bridgehead atoms. The second kappa shape index (κ2) is 5.84. The lowest BCUT2D eigenvalue weighted by molar-refractivity contribution is -0.129. The molecule has 0 aromatic heterocycles. The van der Waals surface area contributed by atoms with Crippen LogP contribution in [0.5, 0.6) is 0 Å². The third-order valence-electron chi connectivity index (χ3n) is 2.61. The maximum absolute atomic E-state index is 11.5. The summed E-state index contributed by atoms with van der Waals surface area (Å²) in [7, 11) is 0. The van der Waals surface area contributed by atoms with Crippen molar-refractivity contribution in [2.75, 3.05) is 0 Å². The van der Waals surface area contributed by atoms with Gasteiger partial charge in [0.15, 0.2) is 0 Å². The van der Waals surface area contributed by atoms with E-state index in [4.69, 9.17) is 5.73 Å². The molecule has 0 aliphatic heterocycles. The summed E-state index contributed by atoms with van der Waals surface area (Å²) in [5.41, 5.74) is 5.65. The molecule has 92 valence electrons.